The number of unbranched alkanes of at least 4 members (excludes halogenated alkanes) is 19. The van der Waals surface area contributed by atoms with Gasteiger partial charge in [0.05, 0.1) is 0 Å². The van der Waals surface area contributed by atoms with Crippen LogP contribution in [0.3, 0.4) is 0 Å². The molecule has 0 aliphatic carbocycles. The third-order valence-electron chi connectivity index (χ3n) is 6.53. The number of hydrogen-bond donors (Lipinski definition) is 3. The van der Waals surface area contributed by atoms with Gasteiger partial charge in [-0.15, -0.1) is 18.3 Å². The average Bonchev–Trinajstić information content (AvgIpc) is 2.92. The average molecular weight is 523 g/mol. The quantitative estimate of drug-likeness (QED) is 0.0740. The summed E-state index contributed by atoms with van der Waals surface area (Å²) in [7, 11) is 0. The Bertz CT molecular complexity index is 772. The van der Waals surface area contributed by atoms with Crippen LogP contribution >= 0.6 is 0 Å². The van der Waals surface area contributed by atoms with Gasteiger partial charge in [0, 0.05) is 12.8 Å². The molecule has 0 spiro atoms. The van der Waals surface area contributed by atoms with Gasteiger partial charge in [0.2, 0.25) is 0 Å². The van der Waals surface area contributed by atoms with Crippen LogP contribution in [-0.2, 0) is 0 Å². The molecule has 0 radical (unpaired) electrons. The summed E-state index contributed by atoms with van der Waals surface area (Å²) >= 11 is 0. The zero-order valence-electron chi connectivity index (χ0n) is 24.0. The molecule has 0 rings (SSSR count). The van der Waals surface area contributed by atoms with Gasteiger partial charge >= 0.3 is 0 Å². The summed E-state index contributed by atoms with van der Waals surface area (Å²) in [4.78, 5) is 0. The topological polar surface area (TPSA) is 60.7 Å². The number of terminal acetylenes is 1. The van der Waals surface area contributed by atoms with E-state index >= 15 is 0 Å². The Morgan fingerprint density at radius 3 is 1.55 bits per heavy atom. The van der Waals surface area contributed by atoms with Gasteiger partial charge in [-0.3, -0.25) is 0 Å². The molecule has 212 valence electrons. The molecule has 3 nitrogen and oxygen atoms in total. The van der Waals surface area contributed by atoms with Crippen LogP contribution in [0.1, 0.15) is 141 Å². The van der Waals surface area contributed by atoms with Gasteiger partial charge in [0.15, 0.2) is 0 Å². The fourth-order valence-corrected chi connectivity index (χ4v) is 4.23. The minimum absolute atomic E-state index is 0.189. The molecule has 0 aliphatic rings. The van der Waals surface area contributed by atoms with Gasteiger partial charge < -0.3 is 15.3 Å². The normalized spacial score (nSPS) is 11.9. The first-order chi connectivity index (χ1) is 18.7. The highest BCUT2D eigenvalue weighted by Gasteiger charge is 1.99. The van der Waals surface area contributed by atoms with Gasteiger partial charge in [0.25, 0.3) is 0 Å². The molecule has 0 aromatic carbocycles. The molecule has 0 fully saturated rings. The third kappa shape index (κ3) is 30.1. The molecule has 0 bridgehead atoms. The van der Waals surface area contributed by atoms with Crippen molar-refractivity contribution in [1.29, 1.82) is 0 Å². The van der Waals surface area contributed by atoms with Crippen LogP contribution in [0, 0.1) is 47.9 Å². The Labute approximate surface area is 235 Å². The molecular weight excluding hydrogens is 468 g/mol. The van der Waals surface area contributed by atoms with Crippen molar-refractivity contribution in [1.82, 2.24) is 0 Å². The lowest BCUT2D eigenvalue weighted by atomic mass is 10.0. The molecule has 0 aromatic rings. The van der Waals surface area contributed by atoms with Crippen molar-refractivity contribution < 1.29 is 15.3 Å². The molecule has 2 atom stereocenters. The lowest BCUT2D eigenvalue weighted by Gasteiger charge is -2.03. The van der Waals surface area contributed by atoms with Crippen LogP contribution in [0.2, 0.25) is 0 Å². The second-order valence-electron chi connectivity index (χ2n) is 10.1. The first-order valence-electron chi connectivity index (χ1n) is 15.2. The molecular formula is C35H54O3. The van der Waals surface area contributed by atoms with Crippen molar-refractivity contribution in [3.05, 3.63) is 12.2 Å². The van der Waals surface area contributed by atoms with Crippen molar-refractivity contribution in [2.75, 3.05) is 6.61 Å². The second-order valence-corrected chi connectivity index (χ2v) is 10.1. The summed E-state index contributed by atoms with van der Waals surface area (Å²) in [6.45, 7) is -0.189. The largest absolute Gasteiger partial charge is 0.384 e. The van der Waals surface area contributed by atoms with E-state index < -0.39 is 12.2 Å². The predicted octanol–water partition coefficient (Wildman–Crippen LogP) is 7.48. The van der Waals surface area contributed by atoms with E-state index in [9.17, 15) is 10.2 Å². The maximum absolute atomic E-state index is 9.72. The molecule has 0 aromatic heterocycles. The lowest BCUT2D eigenvalue weighted by molar-refractivity contribution is 0.217. The number of aliphatic hydroxyl groups excluding tert-OH is 3. The number of hydrogen-bond acceptors (Lipinski definition) is 3. The summed E-state index contributed by atoms with van der Waals surface area (Å²) < 4.78 is 0. The maximum atomic E-state index is 9.72. The van der Waals surface area contributed by atoms with Crippen LogP contribution in [0.15, 0.2) is 12.2 Å². The monoisotopic (exact) mass is 522 g/mol. The smallest absolute Gasteiger partial charge is 0.133 e. The summed E-state index contributed by atoms with van der Waals surface area (Å²) in [6.07, 6.45) is 34.1. The molecule has 3 N–H and O–H groups in total. The van der Waals surface area contributed by atoms with Crippen LogP contribution < -0.4 is 0 Å². The molecule has 0 saturated carbocycles. The standard InChI is InChI=1S/C35H54O3/c1-2-34(37)30-26-23-21-19-17-15-13-11-9-7-5-3-4-6-8-10-12-14-16-18-20-22-24-27-31-35(38)32-28-25-29-33-36/h1,26,30,34-38H,3,5,7-24,27,31,33H2. The van der Waals surface area contributed by atoms with Gasteiger partial charge in [-0.1, -0.05) is 114 Å². The first-order valence-corrected chi connectivity index (χ1v) is 15.2. The van der Waals surface area contributed by atoms with Crippen molar-refractivity contribution in [2.45, 2.75) is 153 Å². The number of aliphatic hydroxyl groups is 3. The minimum Gasteiger partial charge on any atom is -0.384 e. The van der Waals surface area contributed by atoms with Gasteiger partial charge in [0.1, 0.15) is 18.8 Å². The Hall–Kier alpha value is -2.14. The van der Waals surface area contributed by atoms with E-state index in [-0.39, 0.29) is 6.61 Å². The third-order valence-corrected chi connectivity index (χ3v) is 6.53. The fraction of sp³-hybridized carbons (Fsp3) is 0.714. The Balaban J connectivity index is 3.27. The van der Waals surface area contributed by atoms with E-state index in [2.05, 4.69) is 41.4 Å². The molecule has 2 unspecified atom stereocenters. The van der Waals surface area contributed by atoms with Crippen molar-refractivity contribution >= 4 is 0 Å². The molecule has 0 amide bonds. The molecule has 0 heterocycles. The van der Waals surface area contributed by atoms with Crippen LogP contribution in [0.25, 0.3) is 0 Å². The highest BCUT2D eigenvalue weighted by molar-refractivity contribution is 5.27. The predicted molar refractivity (Wildman–Crippen MR) is 162 cm³/mol. The van der Waals surface area contributed by atoms with E-state index in [0.717, 1.165) is 32.1 Å². The summed E-state index contributed by atoms with van der Waals surface area (Å²) in [5, 5.41) is 27.5. The van der Waals surface area contributed by atoms with E-state index in [0.29, 0.717) is 6.42 Å². The number of allylic oxidation sites excluding steroid dienone is 1. The zero-order valence-corrected chi connectivity index (χ0v) is 24.0. The minimum atomic E-state index is -0.726. The van der Waals surface area contributed by atoms with Crippen molar-refractivity contribution in [3.63, 3.8) is 0 Å². The Kier molecular flexibility index (Phi) is 29.3. The van der Waals surface area contributed by atoms with Gasteiger partial charge in [-0.2, -0.15) is 0 Å². The van der Waals surface area contributed by atoms with Crippen LogP contribution in [0.5, 0.6) is 0 Å². The summed E-state index contributed by atoms with van der Waals surface area (Å²) in [5.74, 6) is 19.2. The van der Waals surface area contributed by atoms with E-state index in [4.69, 9.17) is 11.5 Å². The van der Waals surface area contributed by atoms with E-state index in [1.807, 2.05) is 6.08 Å². The highest BCUT2D eigenvalue weighted by Crippen LogP contribution is 2.13. The highest BCUT2D eigenvalue weighted by atomic mass is 16.3. The van der Waals surface area contributed by atoms with Crippen molar-refractivity contribution in [3.8, 4) is 47.9 Å². The van der Waals surface area contributed by atoms with Gasteiger partial charge in [-0.25, -0.2) is 0 Å². The second kappa shape index (κ2) is 31.1. The molecule has 0 aliphatic heterocycles. The Morgan fingerprint density at radius 1 is 0.579 bits per heavy atom. The SMILES string of the molecule is C#CC(O)C=CCCCCCCCCCCCC#CCCCCCCCCCCCC(O)C#CC#CCO. The van der Waals surface area contributed by atoms with Gasteiger partial charge in [-0.05, 0) is 56.4 Å². The first kappa shape index (κ1) is 35.9. The zero-order chi connectivity index (χ0) is 27.8. The molecule has 3 heteroatoms. The summed E-state index contributed by atoms with van der Waals surface area (Å²) in [5.41, 5.74) is 0. The fourth-order valence-electron chi connectivity index (χ4n) is 4.23. The summed E-state index contributed by atoms with van der Waals surface area (Å²) in [6, 6.07) is 0. The Morgan fingerprint density at radius 2 is 1.05 bits per heavy atom. The number of rotatable bonds is 23. The van der Waals surface area contributed by atoms with Crippen LogP contribution in [-0.4, -0.2) is 34.1 Å². The van der Waals surface area contributed by atoms with Crippen LogP contribution in [0.4, 0.5) is 0 Å². The van der Waals surface area contributed by atoms with Crippen molar-refractivity contribution in [2.24, 2.45) is 0 Å². The lowest BCUT2D eigenvalue weighted by Crippen LogP contribution is -2.01. The molecule has 38 heavy (non-hydrogen) atoms. The maximum Gasteiger partial charge on any atom is 0.133 e. The molecule has 0 saturated heterocycles. The van der Waals surface area contributed by atoms with E-state index in [1.54, 1.807) is 6.08 Å². The van der Waals surface area contributed by atoms with E-state index in [1.165, 1.54) is 103 Å².